The van der Waals surface area contributed by atoms with E-state index in [4.69, 9.17) is 0 Å². The van der Waals surface area contributed by atoms with Crippen LogP contribution in [0.3, 0.4) is 0 Å². The van der Waals surface area contributed by atoms with Crippen LogP contribution in [0.25, 0.3) is 11.0 Å². The number of benzene rings is 2. The second-order valence-corrected chi connectivity index (χ2v) is 9.03. The van der Waals surface area contributed by atoms with Gasteiger partial charge < -0.3 is 9.47 Å². The lowest BCUT2D eigenvalue weighted by atomic mass is 10.1. The number of aromatic nitrogens is 2. The fourth-order valence-corrected chi connectivity index (χ4v) is 5.35. The molecule has 7 heteroatoms. The summed E-state index contributed by atoms with van der Waals surface area (Å²) in [6.07, 6.45) is 2.61. The molecule has 0 spiro atoms. The Morgan fingerprint density at radius 3 is 2.41 bits per heavy atom. The van der Waals surface area contributed by atoms with Crippen molar-refractivity contribution in [3.05, 3.63) is 60.9 Å². The van der Waals surface area contributed by atoms with Gasteiger partial charge in [0.15, 0.2) is 9.84 Å². The predicted molar refractivity (Wildman–Crippen MR) is 103 cm³/mol. The van der Waals surface area contributed by atoms with E-state index in [2.05, 4.69) is 4.98 Å². The van der Waals surface area contributed by atoms with Crippen molar-refractivity contribution in [1.29, 1.82) is 0 Å². The van der Waals surface area contributed by atoms with E-state index in [0.29, 0.717) is 30.8 Å². The number of piperidine rings is 1. The van der Waals surface area contributed by atoms with Gasteiger partial charge in [-0.2, -0.15) is 0 Å². The smallest absolute Gasteiger partial charge is 0.242 e. The number of rotatable bonds is 4. The molecule has 0 atom stereocenters. The van der Waals surface area contributed by atoms with Crippen molar-refractivity contribution in [3.63, 3.8) is 0 Å². The van der Waals surface area contributed by atoms with Gasteiger partial charge in [-0.15, -0.1) is 0 Å². The Labute approximate surface area is 158 Å². The summed E-state index contributed by atoms with van der Waals surface area (Å²) < 4.78 is 27.3. The van der Waals surface area contributed by atoms with E-state index in [1.165, 1.54) is 0 Å². The average Bonchev–Trinajstić information content (AvgIpc) is 3.12. The number of hydrogen-bond donors (Lipinski definition) is 0. The van der Waals surface area contributed by atoms with Crippen molar-refractivity contribution in [2.45, 2.75) is 29.5 Å². The molecule has 0 aliphatic carbocycles. The monoisotopic (exact) mass is 383 g/mol. The zero-order chi connectivity index (χ0) is 18.9. The molecule has 1 aromatic heterocycles. The molecule has 2 aromatic carbocycles. The molecule has 6 nitrogen and oxygen atoms in total. The molecule has 1 saturated heterocycles. The molecule has 1 fully saturated rings. The number of fused-ring (bicyclic) bond motifs is 1. The first-order valence-electron chi connectivity index (χ1n) is 9.02. The van der Waals surface area contributed by atoms with Crippen LogP contribution in [-0.4, -0.2) is 47.1 Å². The summed E-state index contributed by atoms with van der Waals surface area (Å²) in [6, 6.07) is 16.2. The fraction of sp³-hybridized carbons (Fsp3) is 0.300. The molecule has 140 valence electrons. The third-order valence-electron chi connectivity index (χ3n) is 5.14. The molecule has 2 heterocycles. The number of para-hydroxylation sites is 2. The number of hydrogen-bond acceptors (Lipinski definition) is 4. The third kappa shape index (κ3) is 3.47. The largest absolute Gasteiger partial charge is 0.341 e. The normalized spacial score (nSPS) is 15.9. The van der Waals surface area contributed by atoms with Crippen LogP contribution < -0.4 is 0 Å². The zero-order valence-corrected chi connectivity index (χ0v) is 15.7. The van der Waals surface area contributed by atoms with E-state index < -0.39 is 15.1 Å². The Hall–Kier alpha value is -2.67. The summed E-state index contributed by atoms with van der Waals surface area (Å²) in [5.74, 6) is -0.00582. The van der Waals surface area contributed by atoms with Crippen molar-refractivity contribution in [2.75, 3.05) is 13.1 Å². The summed E-state index contributed by atoms with van der Waals surface area (Å²) in [4.78, 5) is 19.1. The van der Waals surface area contributed by atoms with Gasteiger partial charge in [0.2, 0.25) is 5.91 Å². The lowest BCUT2D eigenvalue weighted by Gasteiger charge is -2.32. The number of carbonyl (C=O) groups is 1. The van der Waals surface area contributed by atoms with E-state index in [0.717, 1.165) is 11.0 Å². The Bertz CT molecular complexity index is 1050. The highest BCUT2D eigenvalue weighted by Gasteiger charge is 2.32. The minimum absolute atomic E-state index is 0.00582. The number of carbonyl (C=O) groups excluding carboxylic acids is 1. The van der Waals surface area contributed by atoms with Gasteiger partial charge in [0.25, 0.3) is 0 Å². The highest BCUT2D eigenvalue weighted by molar-refractivity contribution is 7.92. The van der Waals surface area contributed by atoms with Crippen LogP contribution in [0.5, 0.6) is 0 Å². The van der Waals surface area contributed by atoms with E-state index in [-0.39, 0.29) is 12.5 Å². The van der Waals surface area contributed by atoms with Crippen LogP contribution in [-0.2, 0) is 21.2 Å². The van der Waals surface area contributed by atoms with E-state index in [9.17, 15) is 13.2 Å². The SMILES string of the molecule is O=C(Cn1cnc2ccccc21)N1CCC(S(=O)(=O)c2ccccc2)CC1. The number of nitrogens with zero attached hydrogens (tertiary/aromatic N) is 3. The lowest BCUT2D eigenvalue weighted by Crippen LogP contribution is -2.43. The molecular formula is C20H21N3O3S. The summed E-state index contributed by atoms with van der Waals surface area (Å²) in [6.45, 7) is 1.14. The highest BCUT2D eigenvalue weighted by atomic mass is 32.2. The van der Waals surface area contributed by atoms with Gasteiger partial charge in [0, 0.05) is 13.1 Å². The molecule has 0 unspecified atom stereocenters. The maximum Gasteiger partial charge on any atom is 0.242 e. The minimum atomic E-state index is -3.34. The van der Waals surface area contributed by atoms with Crippen LogP contribution in [0.15, 0.2) is 65.8 Å². The molecule has 3 aromatic rings. The van der Waals surface area contributed by atoms with Crippen LogP contribution in [0.4, 0.5) is 0 Å². The Morgan fingerprint density at radius 1 is 1.00 bits per heavy atom. The first-order valence-corrected chi connectivity index (χ1v) is 10.6. The standard InChI is InChI=1S/C20H21N3O3S/c24-20(14-23-15-21-18-8-4-5-9-19(18)23)22-12-10-17(11-13-22)27(25,26)16-6-2-1-3-7-16/h1-9,15,17H,10-14H2. The molecule has 0 radical (unpaired) electrons. The first kappa shape index (κ1) is 17.7. The zero-order valence-electron chi connectivity index (χ0n) is 14.9. The molecule has 1 aliphatic heterocycles. The summed E-state index contributed by atoms with van der Waals surface area (Å²) >= 11 is 0. The van der Waals surface area contributed by atoms with Crippen molar-refractivity contribution in [3.8, 4) is 0 Å². The molecule has 4 rings (SSSR count). The highest BCUT2D eigenvalue weighted by Crippen LogP contribution is 2.24. The first-order chi connectivity index (χ1) is 13.1. The van der Waals surface area contributed by atoms with Gasteiger partial charge in [-0.1, -0.05) is 30.3 Å². The summed E-state index contributed by atoms with van der Waals surface area (Å²) in [7, 11) is -3.34. The molecule has 1 amide bonds. The van der Waals surface area contributed by atoms with Gasteiger partial charge in [-0.3, -0.25) is 4.79 Å². The third-order valence-corrected chi connectivity index (χ3v) is 7.42. The summed E-state index contributed by atoms with van der Waals surface area (Å²) in [5, 5.41) is -0.432. The fourth-order valence-electron chi connectivity index (χ4n) is 3.60. The van der Waals surface area contributed by atoms with Gasteiger partial charge in [-0.05, 0) is 37.1 Å². The van der Waals surface area contributed by atoms with Crippen molar-refractivity contribution in [1.82, 2.24) is 14.5 Å². The number of imidazole rings is 1. The number of amides is 1. The lowest BCUT2D eigenvalue weighted by molar-refractivity contribution is -0.132. The summed E-state index contributed by atoms with van der Waals surface area (Å²) in [5.41, 5.74) is 1.78. The van der Waals surface area contributed by atoms with Crippen LogP contribution in [0.2, 0.25) is 0 Å². The second kappa shape index (κ2) is 7.15. The molecular weight excluding hydrogens is 362 g/mol. The molecule has 27 heavy (non-hydrogen) atoms. The van der Waals surface area contributed by atoms with Crippen LogP contribution >= 0.6 is 0 Å². The topological polar surface area (TPSA) is 72.3 Å². The van der Waals surface area contributed by atoms with E-state index >= 15 is 0 Å². The molecule has 0 saturated carbocycles. The molecule has 0 N–H and O–H groups in total. The molecule has 0 bridgehead atoms. The number of sulfone groups is 1. The maximum absolute atomic E-state index is 12.8. The number of likely N-dealkylation sites (tertiary alicyclic amines) is 1. The van der Waals surface area contributed by atoms with Crippen LogP contribution in [0.1, 0.15) is 12.8 Å². The predicted octanol–water partition coefficient (Wildman–Crippen LogP) is 2.50. The van der Waals surface area contributed by atoms with Crippen LogP contribution in [0, 0.1) is 0 Å². The Kier molecular flexibility index (Phi) is 4.70. The second-order valence-electron chi connectivity index (χ2n) is 6.80. The maximum atomic E-state index is 12.8. The van der Waals surface area contributed by atoms with Gasteiger partial charge >= 0.3 is 0 Å². The van der Waals surface area contributed by atoms with E-state index in [1.807, 2.05) is 28.8 Å². The average molecular weight is 383 g/mol. The van der Waals surface area contributed by atoms with Crippen molar-refractivity contribution < 1.29 is 13.2 Å². The molecule has 1 aliphatic rings. The van der Waals surface area contributed by atoms with Crippen molar-refractivity contribution in [2.24, 2.45) is 0 Å². The quantitative estimate of drug-likeness (QED) is 0.694. The Morgan fingerprint density at radius 2 is 1.67 bits per heavy atom. The van der Waals surface area contributed by atoms with Gasteiger partial charge in [0.05, 0.1) is 27.5 Å². The van der Waals surface area contributed by atoms with E-state index in [1.54, 1.807) is 41.6 Å². The van der Waals surface area contributed by atoms with Gasteiger partial charge in [0.1, 0.15) is 6.54 Å². The van der Waals surface area contributed by atoms with Crippen molar-refractivity contribution >= 4 is 26.8 Å². The Balaban J connectivity index is 1.41. The van der Waals surface area contributed by atoms with Gasteiger partial charge in [-0.25, -0.2) is 13.4 Å². The minimum Gasteiger partial charge on any atom is -0.341 e.